The van der Waals surface area contributed by atoms with Gasteiger partial charge < -0.3 is 0 Å². The molecule has 2 rings (SSSR count). The Bertz CT molecular complexity index is 176. The third kappa shape index (κ3) is 0.683. The van der Waals surface area contributed by atoms with E-state index in [0.29, 0.717) is 0 Å². The van der Waals surface area contributed by atoms with E-state index in [-0.39, 0.29) is 0 Å². The third-order valence-electron chi connectivity index (χ3n) is 0.882. The van der Waals surface area contributed by atoms with Crippen molar-refractivity contribution in [2.24, 2.45) is 0 Å². The lowest BCUT2D eigenvalue weighted by Crippen LogP contribution is -1.74. The monoisotopic (exact) mass is 161 g/mol. The average molecular weight is 161 g/mol. The van der Waals surface area contributed by atoms with Crippen LogP contribution in [0.5, 0.6) is 0 Å². The van der Waals surface area contributed by atoms with Crippen LogP contribution in [0, 0.1) is 0 Å². The van der Waals surface area contributed by atoms with Gasteiger partial charge in [-0.05, 0) is 35.3 Å². The Morgan fingerprint density at radius 2 is 2.38 bits per heavy atom. The van der Waals surface area contributed by atoms with Crippen LogP contribution < -0.4 is 4.13 Å². The zero-order valence-electron chi connectivity index (χ0n) is 3.88. The maximum Gasteiger partial charge on any atom is 0.0908 e. The second kappa shape index (κ2) is 1.95. The molecular weight excluding hydrogens is 158 g/mol. The van der Waals surface area contributed by atoms with E-state index in [1.165, 1.54) is 9.10 Å². The first-order valence-corrected chi connectivity index (χ1v) is 4.64. The first kappa shape index (κ1) is 5.17. The molecule has 0 amide bonds. The van der Waals surface area contributed by atoms with Crippen LogP contribution in [0.1, 0.15) is 0 Å². The fourth-order valence-corrected chi connectivity index (χ4v) is 3.54. The molecule has 0 unspecified atom stereocenters. The average Bonchev–Trinajstić information content (AvgIpc) is 2.15. The number of fused-ring (bicyclic) bond motifs is 1. The minimum absolute atomic E-state index is 1.38. The molecule has 0 fully saturated rings. The van der Waals surface area contributed by atoms with Crippen LogP contribution in [-0.4, -0.2) is 0 Å². The van der Waals surface area contributed by atoms with E-state index in [1.807, 2.05) is 0 Å². The molecule has 42 valence electrons. The Hall–Kier alpha value is 0.360. The molecule has 0 saturated heterocycles. The van der Waals surface area contributed by atoms with Crippen LogP contribution in [-0.2, 0) is 0 Å². The van der Waals surface area contributed by atoms with Crippen LogP contribution in [0.3, 0.4) is 0 Å². The molecule has 1 N–H and O–H groups in total. The van der Waals surface area contributed by atoms with Gasteiger partial charge in [0.2, 0.25) is 0 Å². The predicted molar refractivity (Wildman–Crippen MR) is 39.2 cm³/mol. The van der Waals surface area contributed by atoms with Gasteiger partial charge in [0.1, 0.15) is 0 Å². The zero-order chi connectivity index (χ0) is 5.40. The lowest BCUT2D eigenvalue weighted by atomic mass is 10.7. The number of thiophene rings is 1. The molecule has 0 saturated carbocycles. The molecule has 0 aliphatic carbocycles. The number of nitrogens with one attached hydrogen (secondary N) is 1. The van der Waals surface area contributed by atoms with Gasteiger partial charge in [0, 0.05) is 4.90 Å². The smallest absolute Gasteiger partial charge is 0.0908 e. The summed E-state index contributed by atoms with van der Waals surface area (Å²) in [6.07, 6.45) is 0. The van der Waals surface area contributed by atoms with E-state index in [1.54, 1.807) is 35.2 Å². The molecule has 0 aromatic carbocycles. The molecule has 0 radical (unpaired) electrons. The summed E-state index contributed by atoms with van der Waals surface area (Å²) in [5.74, 6) is 0. The second-order valence-electron chi connectivity index (χ2n) is 1.36. The minimum atomic E-state index is 1.38. The van der Waals surface area contributed by atoms with E-state index in [2.05, 4.69) is 15.6 Å². The van der Waals surface area contributed by atoms with Crippen molar-refractivity contribution in [1.82, 2.24) is 4.13 Å². The summed E-state index contributed by atoms with van der Waals surface area (Å²) in [6.45, 7) is 0. The molecule has 0 spiro atoms. The lowest BCUT2D eigenvalue weighted by Gasteiger charge is -1.79. The molecule has 1 aliphatic heterocycles. The third-order valence-corrected chi connectivity index (χ3v) is 4.02. The van der Waals surface area contributed by atoms with Crippen LogP contribution in [0.15, 0.2) is 20.6 Å². The minimum Gasteiger partial charge on any atom is -0.199 e. The molecule has 1 aromatic rings. The van der Waals surface area contributed by atoms with Crippen molar-refractivity contribution < 1.29 is 0 Å². The Kier molecular flexibility index (Phi) is 1.26. The Labute approximate surface area is 60.1 Å². The maximum atomic E-state index is 3.11. The molecule has 1 aromatic heterocycles. The van der Waals surface area contributed by atoms with Gasteiger partial charge >= 0.3 is 0 Å². The van der Waals surface area contributed by atoms with Crippen LogP contribution >= 0.6 is 35.2 Å². The summed E-state index contributed by atoms with van der Waals surface area (Å²) in [6, 6.07) is 2.14. The second-order valence-corrected chi connectivity index (χ2v) is 4.46. The molecule has 1 aliphatic rings. The summed E-state index contributed by atoms with van der Waals surface area (Å²) in [4.78, 5) is 1.38. The zero-order valence-corrected chi connectivity index (χ0v) is 6.33. The van der Waals surface area contributed by atoms with Gasteiger partial charge in [-0.25, -0.2) is 0 Å². The van der Waals surface area contributed by atoms with Crippen molar-refractivity contribution in [2.45, 2.75) is 9.10 Å². The summed E-state index contributed by atoms with van der Waals surface area (Å²) in [5.41, 5.74) is 0. The highest BCUT2D eigenvalue weighted by Gasteiger charge is 2.11. The fraction of sp³-hybridized carbons (Fsp3) is 0. The predicted octanol–water partition coefficient (Wildman–Crippen LogP) is 2.37. The maximum absolute atomic E-state index is 3.11. The van der Waals surface area contributed by atoms with E-state index in [9.17, 15) is 0 Å². The van der Waals surface area contributed by atoms with E-state index in [4.69, 9.17) is 0 Å². The van der Waals surface area contributed by atoms with Gasteiger partial charge in [0.15, 0.2) is 0 Å². The van der Waals surface area contributed by atoms with Crippen molar-refractivity contribution in [1.29, 1.82) is 0 Å². The first-order chi connectivity index (χ1) is 3.97. The molecule has 8 heavy (non-hydrogen) atoms. The van der Waals surface area contributed by atoms with Crippen LogP contribution in [0.2, 0.25) is 0 Å². The Morgan fingerprint density at radius 1 is 1.38 bits per heavy atom. The van der Waals surface area contributed by atoms with Gasteiger partial charge in [0.25, 0.3) is 0 Å². The highest BCUT2D eigenvalue weighted by molar-refractivity contribution is 8.16. The fourth-order valence-electron chi connectivity index (χ4n) is 0.537. The summed E-state index contributed by atoms with van der Waals surface area (Å²) >= 11 is 5.20. The quantitative estimate of drug-likeness (QED) is 0.587. The largest absolute Gasteiger partial charge is 0.199 e. The summed E-state index contributed by atoms with van der Waals surface area (Å²) < 4.78 is 4.51. The van der Waals surface area contributed by atoms with Gasteiger partial charge in [-0.2, -0.15) is 4.13 Å². The van der Waals surface area contributed by atoms with Gasteiger partial charge in [-0.1, -0.05) is 0 Å². The van der Waals surface area contributed by atoms with Crippen LogP contribution in [0.25, 0.3) is 0 Å². The topological polar surface area (TPSA) is 12.0 Å². The lowest BCUT2D eigenvalue weighted by molar-refractivity contribution is 1.43. The highest BCUT2D eigenvalue weighted by Crippen LogP contribution is 2.40. The Balaban J connectivity index is 2.54. The molecule has 0 atom stereocenters. The molecule has 2 heterocycles. The van der Waals surface area contributed by atoms with Crippen molar-refractivity contribution in [3.05, 3.63) is 11.4 Å². The van der Waals surface area contributed by atoms with Gasteiger partial charge in [-0.15, -0.1) is 11.3 Å². The van der Waals surface area contributed by atoms with Crippen molar-refractivity contribution in [3.8, 4) is 0 Å². The normalized spacial score (nSPS) is 16.5. The summed E-state index contributed by atoms with van der Waals surface area (Å²) in [5, 5.41) is 2.12. The van der Waals surface area contributed by atoms with E-state index >= 15 is 0 Å². The number of hydrogen-bond donors (Lipinski definition) is 1. The van der Waals surface area contributed by atoms with Gasteiger partial charge in [0.05, 0.1) is 4.21 Å². The SMILES string of the molecule is c1cc2c(s1)SNS2. The molecule has 0 bridgehead atoms. The summed E-state index contributed by atoms with van der Waals surface area (Å²) in [7, 11) is 0. The van der Waals surface area contributed by atoms with E-state index in [0.717, 1.165) is 0 Å². The van der Waals surface area contributed by atoms with Crippen molar-refractivity contribution >= 4 is 35.2 Å². The first-order valence-electron chi connectivity index (χ1n) is 2.13. The van der Waals surface area contributed by atoms with E-state index < -0.39 is 0 Å². The van der Waals surface area contributed by atoms with Crippen molar-refractivity contribution in [2.75, 3.05) is 0 Å². The number of rotatable bonds is 0. The number of hydrogen-bond acceptors (Lipinski definition) is 4. The molecular formula is C4H3NS3. The Morgan fingerprint density at radius 3 is 3.25 bits per heavy atom. The van der Waals surface area contributed by atoms with Crippen LogP contribution in [0.4, 0.5) is 0 Å². The highest BCUT2D eigenvalue weighted by atomic mass is 32.2. The standard InChI is InChI=1S/C4H3NS3/c1-2-6-4-3(1)7-5-8-4/h1-2,5H. The molecule has 4 heteroatoms. The molecule has 1 nitrogen and oxygen atoms in total. The van der Waals surface area contributed by atoms with Gasteiger partial charge in [-0.3, -0.25) is 0 Å². The van der Waals surface area contributed by atoms with Crippen molar-refractivity contribution in [3.63, 3.8) is 0 Å².